The van der Waals surface area contributed by atoms with Crippen LogP contribution in [0.4, 0.5) is 0 Å². The summed E-state index contributed by atoms with van der Waals surface area (Å²) in [4.78, 5) is 0. The van der Waals surface area contributed by atoms with Gasteiger partial charge in [-0.25, -0.2) is 0 Å². The van der Waals surface area contributed by atoms with Crippen LogP contribution < -0.4 is 5.73 Å². The maximum Gasteiger partial charge on any atom is 0.177 e. The van der Waals surface area contributed by atoms with Crippen molar-refractivity contribution < 1.29 is 0 Å². The van der Waals surface area contributed by atoms with Crippen molar-refractivity contribution in [3.05, 3.63) is 24.2 Å². The fourth-order valence-electron chi connectivity index (χ4n) is 1.15. The zero-order valence-electron chi connectivity index (χ0n) is 7.60. The Morgan fingerprint density at radius 2 is 2.15 bits per heavy atom. The van der Waals surface area contributed by atoms with E-state index in [0.29, 0.717) is 5.82 Å². The first kappa shape index (κ1) is 8.12. The van der Waals surface area contributed by atoms with Crippen molar-refractivity contribution in [2.45, 2.75) is 19.4 Å². The lowest BCUT2D eigenvalue weighted by Gasteiger charge is -2.14. The van der Waals surface area contributed by atoms with Crippen LogP contribution in [0.2, 0.25) is 0 Å². The number of nitrogens with zero attached hydrogens (tertiary/aromatic N) is 4. The molecule has 68 valence electrons. The fraction of sp³-hybridized carbons (Fsp3) is 0.375. The molecule has 5 nitrogen and oxygen atoms in total. The predicted octanol–water partition coefficient (Wildman–Crippen LogP) is 0.318. The van der Waals surface area contributed by atoms with Crippen LogP contribution in [0.25, 0.3) is 5.65 Å². The third kappa shape index (κ3) is 1.27. The molecule has 0 aliphatic heterocycles. The lowest BCUT2D eigenvalue weighted by Crippen LogP contribution is -2.31. The van der Waals surface area contributed by atoms with Crippen molar-refractivity contribution in [1.82, 2.24) is 19.8 Å². The molecule has 5 heteroatoms. The minimum Gasteiger partial charge on any atom is -0.319 e. The number of hydrogen-bond acceptors (Lipinski definition) is 4. The Balaban J connectivity index is 2.72. The highest BCUT2D eigenvalue weighted by molar-refractivity contribution is 5.35. The second-order valence-electron chi connectivity index (χ2n) is 3.54. The van der Waals surface area contributed by atoms with Crippen LogP contribution in [-0.4, -0.2) is 19.8 Å². The number of nitrogens with two attached hydrogens (primary N) is 1. The van der Waals surface area contributed by atoms with Gasteiger partial charge >= 0.3 is 0 Å². The second-order valence-corrected chi connectivity index (χ2v) is 3.54. The molecule has 0 bridgehead atoms. The summed E-state index contributed by atoms with van der Waals surface area (Å²) in [6, 6.07) is 3.66. The highest BCUT2D eigenvalue weighted by Gasteiger charge is 2.21. The molecule has 0 aliphatic rings. The fourth-order valence-corrected chi connectivity index (χ4v) is 1.15. The third-order valence-corrected chi connectivity index (χ3v) is 1.75. The first-order valence-electron chi connectivity index (χ1n) is 4.05. The van der Waals surface area contributed by atoms with E-state index in [1.807, 2.05) is 26.0 Å². The third-order valence-electron chi connectivity index (χ3n) is 1.75. The standard InChI is InChI=1S/C8H11N5/c1-8(2,9)7-12-11-6-4-3-5-10-13(6)7/h3-5H,9H2,1-2H3. The first-order chi connectivity index (χ1) is 6.09. The van der Waals surface area contributed by atoms with Crippen molar-refractivity contribution in [3.63, 3.8) is 0 Å². The number of fused-ring (bicyclic) bond motifs is 1. The summed E-state index contributed by atoms with van der Waals surface area (Å²) < 4.78 is 1.65. The maximum atomic E-state index is 5.90. The minimum atomic E-state index is -0.520. The van der Waals surface area contributed by atoms with Crippen molar-refractivity contribution in [2.24, 2.45) is 5.73 Å². The van der Waals surface area contributed by atoms with Crippen LogP contribution in [0, 0.1) is 0 Å². The minimum absolute atomic E-state index is 0.520. The van der Waals surface area contributed by atoms with E-state index in [1.165, 1.54) is 0 Å². The predicted molar refractivity (Wildman–Crippen MR) is 48.0 cm³/mol. The molecule has 13 heavy (non-hydrogen) atoms. The monoisotopic (exact) mass is 177 g/mol. The van der Waals surface area contributed by atoms with Gasteiger partial charge in [-0.1, -0.05) is 0 Å². The van der Waals surface area contributed by atoms with Gasteiger partial charge in [0.15, 0.2) is 11.5 Å². The Hall–Kier alpha value is -1.49. The highest BCUT2D eigenvalue weighted by Crippen LogP contribution is 2.13. The van der Waals surface area contributed by atoms with Crippen LogP contribution in [0.3, 0.4) is 0 Å². The van der Waals surface area contributed by atoms with E-state index in [9.17, 15) is 0 Å². The van der Waals surface area contributed by atoms with Gasteiger partial charge in [0.25, 0.3) is 0 Å². The molecule has 0 aromatic carbocycles. The van der Waals surface area contributed by atoms with Crippen molar-refractivity contribution in [1.29, 1.82) is 0 Å². The van der Waals surface area contributed by atoms with Crippen molar-refractivity contribution in [3.8, 4) is 0 Å². The van der Waals surface area contributed by atoms with E-state index in [-0.39, 0.29) is 0 Å². The average Bonchev–Trinajstić information content (AvgIpc) is 2.45. The molecule has 2 rings (SSSR count). The zero-order valence-corrected chi connectivity index (χ0v) is 7.60. The van der Waals surface area contributed by atoms with Gasteiger partial charge in [-0.05, 0) is 26.0 Å². The molecule has 2 N–H and O–H groups in total. The highest BCUT2D eigenvalue weighted by atomic mass is 15.4. The molecular formula is C8H11N5. The Labute approximate surface area is 75.6 Å². The quantitative estimate of drug-likeness (QED) is 0.681. The molecule has 0 unspecified atom stereocenters. The summed E-state index contributed by atoms with van der Waals surface area (Å²) in [5, 5.41) is 12.1. The van der Waals surface area contributed by atoms with E-state index in [2.05, 4.69) is 15.3 Å². The number of rotatable bonds is 1. The van der Waals surface area contributed by atoms with Gasteiger partial charge in [0.2, 0.25) is 0 Å². The molecule has 0 saturated heterocycles. The van der Waals surface area contributed by atoms with Crippen LogP contribution in [-0.2, 0) is 5.54 Å². The zero-order chi connectivity index (χ0) is 9.47. The number of hydrogen-bond donors (Lipinski definition) is 1. The molecule has 0 fully saturated rings. The van der Waals surface area contributed by atoms with E-state index >= 15 is 0 Å². The first-order valence-corrected chi connectivity index (χ1v) is 4.05. The van der Waals surface area contributed by atoms with Gasteiger partial charge in [-0.3, -0.25) is 0 Å². The summed E-state index contributed by atoms with van der Waals surface area (Å²) in [5.41, 5.74) is 6.10. The lowest BCUT2D eigenvalue weighted by atomic mass is 10.1. The summed E-state index contributed by atoms with van der Waals surface area (Å²) in [5.74, 6) is 0.670. The Morgan fingerprint density at radius 1 is 1.38 bits per heavy atom. The molecule has 0 spiro atoms. The Bertz CT molecular complexity index is 425. The molecular weight excluding hydrogens is 166 g/mol. The van der Waals surface area contributed by atoms with Gasteiger partial charge < -0.3 is 5.73 Å². The van der Waals surface area contributed by atoms with Crippen molar-refractivity contribution >= 4 is 5.65 Å². The average molecular weight is 177 g/mol. The normalized spacial score (nSPS) is 12.2. The number of aromatic nitrogens is 4. The molecule has 0 radical (unpaired) electrons. The summed E-state index contributed by atoms with van der Waals surface area (Å²) in [7, 11) is 0. The van der Waals surface area contributed by atoms with Gasteiger partial charge in [-0.2, -0.15) is 9.61 Å². The van der Waals surface area contributed by atoms with Crippen molar-refractivity contribution in [2.75, 3.05) is 0 Å². The van der Waals surface area contributed by atoms with Gasteiger partial charge in [-0.15, -0.1) is 10.2 Å². The maximum absolute atomic E-state index is 5.90. The summed E-state index contributed by atoms with van der Waals surface area (Å²) in [6.07, 6.45) is 1.69. The van der Waals surface area contributed by atoms with Crippen LogP contribution in [0.15, 0.2) is 18.3 Å². The van der Waals surface area contributed by atoms with E-state index in [1.54, 1.807) is 10.7 Å². The van der Waals surface area contributed by atoms with Gasteiger partial charge in [0.1, 0.15) is 0 Å². The largest absolute Gasteiger partial charge is 0.319 e. The van der Waals surface area contributed by atoms with E-state index in [4.69, 9.17) is 5.73 Å². The van der Waals surface area contributed by atoms with E-state index in [0.717, 1.165) is 5.65 Å². The van der Waals surface area contributed by atoms with Crippen LogP contribution in [0.1, 0.15) is 19.7 Å². The molecule has 0 saturated carbocycles. The Morgan fingerprint density at radius 3 is 2.85 bits per heavy atom. The second kappa shape index (κ2) is 2.50. The van der Waals surface area contributed by atoms with E-state index < -0.39 is 5.54 Å². The van der Waals surface area contributed by atoms with Crippen LogP contribution >= 0.6 is 0 Å². The van der Waals surface area contributed by atoms with Gasteiger partial charge in [0.05, 0.1) is 5.54 Å². The Kier molecular flexibility index (Phi) is 1.56. The summed E-state index contributed by atoms with van der Waals surface area (Å²) >= 11 is 0. The smallest absolute Gasteiger partial charge is 0.177 e. The molecule has 0 aliphatic carbocycles. The molecule has 2 aromatic rings. The van der Waals surface area contributed by atoms with Crippen LogP contribution in [0.5, 0.6) is 0 Å². The van der Waals surface area contributed by atoms with Gasteiger partial charge in [0, 0.05) is 6.20 Å². The molecule has 2 aromatic heterocycles. The summed E-state index contributed by atoms with van der Waals surface area (Å²) in [6.45, 7) is 3.75. The molecule has 0 atom stereocenters. The molecule has 2 heterocycles. The SMILES string of the molecule is CC(C)(N)c1nnc2cccnn12. The molecule has 0 amide bonds. The topological polar surface area (TPSA) is 69.1 Å². The lowest BCUT2D eigenvalue weighted by molar-refractivity contribution is 0.498.